The van der Waals surface area contributed by atoms with Crippen LogP contribution in [0.1, 0.15) is 0 Å². The zero-order valence-electron chi connectivity index (χ0n) is 12.1. The van der Waals surface area contributed by atoms with Crippen LogP contribution in [0.4, 0.5) is 0 Å². The van der Waals surface area contributed by atoms with E-state index >= 15 is 0 Å². The number of rotatable bonds is 10. The quantitative estimate of drug-likeness (QED) is 0.194. The van der Waals surface area contributed by atoms with Crippen LogP contribution in [0, 0.1) is 0 Å². The first-order valence-electron chi connectivity index (χ1n) is 5.22. The molecule has 0 aromatic carbocycles. The average molecular weight is 766 g/mol. The SMILES string of the molecule is [PH-]P([PH-])P(P)P(P(P)P)P(P(P([PH-])[PH-])P(P)P)P(P(P)P)P(P)P. The van der Waals surface area contributed by atoms with Crippen molar-refractivity contribution in [1.82, 2.24) is 0 Å². The summed E-state index contributed by atoms with van der Waals surface area (Å²) in [7, 11) is 44.7. The molecule has 0 nitrogen and oxygen atoms in total. The molecule has 0 spiro atoms. The summed E-state index contributed by atoms with van der Waals surface area (Å²) in [5, 5.41) is 0. The van der Waals surface area contributed by atoms with Gasteiger partial charge >= 0.3 is 0 Å². The van der Waals surface area contributed by atoms with Crippen molar-refractivity contribution in [2.24, 2.45) is 0 Å². The van der Waals surface area contributed by atoms with E-state index in [0.29, 0.717) is 0 Å². The van der Waals surface area contributed by atoms with Crippen LogP contribution in [0.3, 0.4) is 0 Å². The summed E-state index contributed by atoms with van der Waals surface area (Å²) in [5.74, 6) is 0. The van der Waals surface area contributed by atoms with Crippen LogP contribution in [-0.2, 0) is 0 Å². The minimum Gasteiger partial charge on any atom is -0.553 e. The van der Waals surface area contributed by atoms with Gasteiger partial charge < -0.3 is 49.7 Å². The van der Waals surface area contributed by atoms with Crippen molar-refractivity contribution < 1.29 is 0 Å². The molecule has 0 saturated heterocycles. The molecule has 146 valence electrons. The maximum Gasteiger partial charge on any atom is -0.00517 e. The highest BCUT2D eigenvalue weighted by molar-refractivity contribution is 9.39. The fraction of sp³-hybridized carbons (Fsp3) is 0. The van der Waals surface area contributed by atoms with Gasteiger partial charge in [0.05, 0.1) is 0 Å². The molecule has 0 aromatic rings. The maximum atomic E-state index is 4.07. The minimum atomic E-state index is -0.250. The highest BCUT2D eigenvalue weighted by Crippen LogP contribution is 3.34. The van der Waals surface area contributed by atoms with Crippen LogP contribution >= 0.6 is 193 Å². The lowest BCUT2D eigenvalue weighted by molar-refractivity contribution is 4.46. The van der Waals surface area contributed by atoms with Gasteiger partial charge in [-0.05, 0) is 48.9 Å². The summed E-state index contributed by atoms with van der Waals surface area (Å²) in [6.45, 7) is -0.816. The van der Waals surface area contributed by atoms with Crippen LogP contribution < -0.4 is 0 Å². The first kappa shape index (κ1) is 34.3. The fourth-order valence-corrected chi connectivity index (χ4v) is 281. The molecular formula is H22P24-4. The van der Waals surface area contributed by atoms with Crippen molar-refractivity contribution in [3.05, 3.63) is 0 Å². The van der Waals surface area contributed by atoms with Crippen LogP contribution in [0.25, 0.3) is 0 Å². The van der Waals surface area contributed by atoms with Crippen LogP contribution in [0.15, 0.2) is 0 Å². The van der Waals surface area contributed by atoms with Gasteiger partial charge in [0.1, 0.15) is 0 Å². The predicted molar refractivity (Wildman–Crippen MR) is 197 cm³/mol. The third-order valence-electron chi connectivity index (χ3n) is 1.87. The summed E-state index contributed by atoms with van der Waals surface area (Å²) in [6.07, 6.45) is 0. The zero-order chi connectivity index (χ0) is 19.4. The zero-order valence-corrected chi connectivity index (χ0v) is 36.3. The van der Waals surface area contributed by atoms with Gasteiger partial charge in [-0.25, -0.2) is 0 Å². The summed E-state index contributed by atoms with van der Waals surface area (Å²) < 4.78 is 0. The standard InChI is InChI=1S/H22P24/c1-14(2)20(13)23(19(11)12)24(21(15(3)4)16(5)6)22(17(7)8)18(9)10/h1-4H,5-13H2/q-4. The Hall–Kier alpha value is 10.3. The molecule has 0 saturated carbocycles. The largest absolute Gasteiger partial charge is 0.553 e. The molecule has 0 bridgehead atoms. The second-order valence-electron chi connectivity index (χ2n) is 3.54. The highest BCUT2D eigenvalue weighted by Gasteiger charge is 2.41. The first-order valence-corrected chi connectivity index (χ1v) is 47.0. The molecule has 0 aromatic heterocycles. The normalized spacial score (nSPS) is 18.5. The van der Waals surface area contributed by atoms with E-state index in [0.717, 1.165) is 0 Å². The van der Waals surface area contributed by atoms with E-state index in [2.05, 4.69) is 116 Å². The van der Waals surface area contributed by atoms with Crippen LogP contribution in [-0.4, -0.2) is 0 Å². The van der Waals surface area contributed by atoms with Crippen molar-refractivity contribution in [3.8, 4) is 0 Å². The van der Waals surface area contributed by atoms with Gasteiger partial charge in [0.15, 0.2) is 0 Å². The Morgan fingerprint density at radius 2 is 0.708 bits per heavy atom. The Kier molecular flexibility index (Phi) is 26.5. The lowest BCUT2D eigenvalue weighted by Gasteiger charge is -2.56. The van der Waals surface area contributed by atoms with Crippen LogP contribution in [0.5, 0.6) is 0 Å². The van der Waals surface area contributed by atoms with Crippen LogP contribution in [0.2, 0.25) is 0 Å². The lowest BCUT2D eigenvalue weighted by atomic mass is 28.5. The molecule has 0 N–H and O–H groups in total. The van der Waals surface area contributed by atoms with Crippen molar-refractivity contribution in [2.75, 3.05) is 0 Å². The summed E-state index contributed by atoms with van der Waals surface area (Å²) in [4.78, 5) is 0. The molecule has 24 heavy (non-hydrogen) atoms. The summed E-state index contributed by atoms with van der Waals surface area (Å²) >= 11 is 0. The van der Waals surface area contributed by atoms with Gasteiger partial charge in [-0.2, -0.15) is 0 Å². The Labute approximate surface area is 191 Å². The molecule has 13 unspecified atom stereocenters. The Morgan fingerprint density at radius 3 is 0.917 bits per heavy atom. The molecule has 0 aliphatic rings. The Bertz CT molecular complexity index is 285. The Morgan fingerprint density at radius 1 is 0.375 bits per heavy atom. The van der Waals surface area contributed by atoms with E-state index < -0.39 is 0 Å². The first-order chi connectivity index (χ1) is 10.8. The van der Waals surface area contributed by atoms with Gasteiger partial charge in [-0.1, -0.05) is 14.0 Å². The van der Waals surface area contributed by atoms with E-state index in [4.69, 9.17) is 0 Å². The molecule has 0 aliphatic carbocycles. The molecule has 24 heteroatoms. The molecule has 0 aliphatic heterocycles. The Balaban J connectivity index is 6.24. The third-order valence-corrected chi connectivity index (χ3v) is 152. The molecule has 0 radical (unpaired) electrons. The fourth-order valence-electron chi connectivity index (χ4n) is 1.15. The molecule has 0 fully saturated rings. The average Bonchev–Trinajstić information content (AvgIpc) is 2.35. The van der Waals surface area contributed by atoms with Gasteiger partial charge in [0, 0.05) is 0 Å². The lowest BCUT2D eigenvalue weighted by Crippen LogP contribution is -1.60. The van der Waals surface area contributed by atoms with Crippen molar-refractivity contribution in [3.63, 3.8) is 0 Å². The smallest absolute Gasteiger partial charge is 0.00517 e. The van der Waals surface area contributed by atoms with Crippen molar-refractivity contribution in [2.45, 2.75) is 0 Å². The van der Waals surface area contributed by atoms with Gasteiger partial charge in [0.25, 0.3) is 0 Å². The molecular weight excluding hydrogens is 743 g/mol. The van der Waals surface area contributed by atoms with E-state index in [-0.39, 0.29) is 76.9 Å². The monoisotopic (exact) mass is 766 g/mol. The van der Waals surface area contributed by atoms with Crippen molar-refractivity contribution in [1.29, 1.82) is 0 Å². The summed E-state index contributed by atoms with van der Waals surface area (Å²) in [5.41, 5.74) is 0. The van der Waals surface area contributed by atoms with Gasteiger partial charge in [0.2, 0.25) is 0 Å². The predicted octanol–water partition coefficient (Wildman–Crippen LogP) is 14.8. The van der Waals surface area contributed by atoms with E-state index in [1.54, 1.807) is 0 Å². The topological polar surface area (TPSA) is 0 Å². The van der Waals surface area contributed by atoms with E-state index in [1.165, 1.54) is 0 Å². The molecule has 0 rings (SSSR count). The molecule has 0 amide bonds. The van der Waals surface area contributed by atoms with Gasteiger partial charge in [-0.15, -0.1) is 80.4 Å². The second kappa shape index (κ2) is 18.5. The number of hydrogen-bond acceptors (Lipinski definition) is 0. The second-order valence-corrected chi connectivity index (χ2v) is 95.5. The molecule has 13 atom stereocenters. The maximum absolute atomic E-state index is 4.07. The van der Waals surface area contributed by atoms with Gasteiger partial charge in [-0.3, -0.25) is 0 Å². The third kappa shape index (κ3) is 12.5. The van der Waals surface area contributed by atoms with E-state index in [9.17, 15) is 0 Å². The minimum absolute atomic E-state index is 0.00284. The highest BCUT2D eigenvalue weighted by atomic mass is 33.4. The summed E-state index contributed by atoms with van der Waals surface area (Å²) in [6, 6.07) is 0. The number of hydrogen-bond donors (Lipinski definition) is 0. The molecule has 0 heterocycles. The van der Waals surface area contributed by atoms with Crippen molar-refractivity contribution >= 4 is 193 Å². The van der Waals surface area contributed by atoms with E-state index in [1.807, 2.05) is 0 Å².